The molecule has 5 heterocycles. The van der Waals surface area contributed by atoms with E-state index in [1.54, 1.807) is 36.8 Å². The Morgan fingerprint density at radius 3 is 2.41 bits per heavy atom. The van der Waals surface area contributed by atoms with Crippen LogP contribution in [0.5, 0.6) is 5.75 Å². The molecule has 3 amide bonds. The maximum absolute atomic E-state index is 13.4. The lowest BCUT2D eigenvalue weighted by molar-refractivity contribution is -0.164. The molecule has 2 aromatic heterocycles. The molecule has 1 unspecified atom stereocenters. The number of imide groups is 1. The van der Waals surface area contributed by atoms with Gasteiger partial charge in [0.25, 0.3) is 17.4 Å². The van der Waals surface area contributed by atoms with E-state index in [0.29, 0.717) is 39.2 Å². The van der Waals surface area contributed by atoms with Gasteiger partial charge in [0.1, 0.15) is 24.0 Å². The van der Waals surface area contributed by atoms with Gasteiger partial charge in [-0.05, 0) is 62.1 Å². The van der Waals surface area contributed by atoms with Crippen LogP contribution in [0.25, 0.3) is 10.8 Å². The lowest BCUT2D eigenvalue weighted by Crippen LogP contribution is -2.74. The van der Waals surface area contributed by atoms with Gasteiger partial charge in [0.15, 0.2) is 0 Å². The van der Waals surface area contributed by atoms with Gasteiger partial charge in [-0.25, -0.2) is 14.6 Å². The summed E-state index contributed by atoms with van der Waals surface area (Å²) < 4.78 is 7.56. The number of carbonyl (C=O) groups excluding carboxylic acids is 3. The first-order chi connectivity index (χ1) is 28.2. The molecule has 1 saturated carbocycles. The summed E-state index contributed by atoms with van der Waals surface area (Å²) in [5, 5.41) is 20.6. The Kier molecular flexibility index (Phi) is 10.8. The number of amides is 3. The van der Waals surface area contributed by atoms with Gasteiger partial charge in [-0.2, -0.15) is 10.4 Å². The average molecular weight is 821 g/mol. The Balaban J connectivity index is 0.790. The largest absolute Gasteiger partial charge is 0.489 e. The van der Waals surface area contributed by atoms with Crippen LogP contribution in [0.15, 0.2) is 59.8 Å². The lowest BCUT2D eigenvalue weighted by atomic mass is 9.49. The Labute approximate surface area is 347 Å². The molecule has 2 atom stereocenters. The second kappa shape index (κ2) is 15.9. The van der Waals surface area contributed by atoms with Crippen LogP contribution in [0.2, 0.25) is 5.02 Å². The standard InChI is InChI=1S/C43H49ClN10O5/c1-42(2)39(43(3,4)40(42)59-31-7-5-27(21-45)33(44)20-31)50-36(56)29-22-46-41(47-23-29)53-14-12-26(25-53)11-13-51-15-17-52(18-16-51)30-6-8-32-28(19-30)24-48-54(38(32)58)34-9-10-35(55)49-37(34)57/h5-8,19-20,22-24,26,34,39-40H,9-18,25H2,1-4H3,(H,50,56)(H,49,55,57)/t26?,34-,39?,40?/m1/s1. The number of halogens is 1. The van der Waals surface area contributed by atoms with E-state index in [1.807, 2.05) is 18.2 Å². The molecular weight excluding hydrogens is 772 g/mol. The van der Waals surface area contributed by atoms with Gasteiger partial charge < -0.3 is 19.9 Å². The molecule has 0 spiro atoms. The monoisotopic (exact) mass is 820 g/mol. The van der Waals surface area contributed by atoms with Crippen molar-refractivity contribution in [3.05, 3.63) is 81.5 Å². The van der Waals surface area contributed by atoms with Crippen molar-refractivity contribution in [3.8, 4) is 11.8 Å². The number of piperidine rings is 1. The van der Waals surface area contributed by atoms with Gasteiger partial charge in [-0.3, -0.25) is 29.4 Å². The van der Waals surface area contributed by atoms with Crippen molar-refractivity contribution in [2.75, 3.05) is 55.6 Å². The minimum Gasteiger partial charge on any atom is -0.489 e. The number of carbonyl (C=O) groups is 3. The third-order valence-electron chi connectivity index (χ3n) is 12.8. The van der Waals surface area contributed by atoms with Crippen molar-refractivity contribution in [1.82, 2.24) is 35.3 Å². The fraction of sp³-hybridized carbons (Fsp3) is 0.488. The molecule has 4 aromatic rings. The predicted molar refractivity (Wildman–Crippen MR) is 222 cm³/mol. The van der Waals surface area contributed by atoms with Crippen LogP contribution in [0, 0.1) is 28.1 Å². The molecule has 8 rings (SSSR count). The van der Waals surface area contributed by atoms with Crippen LogP contribution in [-0.4, -0.2) is 100 Å². The maximum atomic E-state index is 13.4. The highest BCUT2D eigenvalue weighted by Crippen LogP contribution is 2.55. The maximum Gasteiger partial charge on any atom is 0.275 e. The minimum atomic E-state index is -0.787. The first-order valence-electron chi connectivity index (χ1n) is 20.3. The topological polar surface area (TPSA) is 179 Å². The molecule has 2 N–H and O–H groups in total. The summed E-state index contributed by atoms with van der Waals surface area (Å²) in [6.07, 6.45) is 7.22. The number of rotatable bonds is 10. The van der Waals surface area contributed by atoms with Crippen molar-refractivity contribution in [1.29, 1.82) is 5.26 Å². The fourth-order valence-electron chi connectivity index (χ4n) is 9.74. The predicted octanol–water partition coefficient (Wildman–Crippen LogP) is 4.34. The van der Waals surface area contributed by atoms with E-state index in [2.05, 4.69) is 74.2 Å². The number of nitriles is 1. The fourth-order valence-corrected chi connectivity index (χ4v) is 9.96. The van der Waals surface area contributed by atoms with Gasteiger partial charge >= 0.3 is 0 Å². The second-order valence-electron chi connectivity index (χ2n) is 17.4. The molecule has 16 heteroatoms. The summed E-state index contributed by atoms with van der Waals surface area (Å²) in [6, 6.07) is 11.9. The zero-order chi connectivity index (χ0) is 41.6. The van der Waals surface area contributed by atoms with Gasteiger partial charge in [-0.15, -0.1) is 0 Å². The molecule has 4 fully saturated rings. The van der Waals surface area contributed by atoms with E-state index < -0.39 is 11.9 Å². The molecular formula is C43H49ClN10O5. The highest BCUT2D eigenvalue weighted by molar-refractivity contribution is 6.31. The third-order valence-corrected chi connectivity index (χ3v) is 13.1. The lowest BCUT2D eigenvalue weighted by Gasteiger charge is -2.63. The molecule has 4 aliphatic rings. The van der Waals surface area contributed by atoms with E-state index in [9.17, 15) is 24.4 Å². The summed E-state index contributed by atoms with van der Waals surface area (Å²) in [4.78, 5) is 66.8. The number of benzene rings is 2. The van der Waals surface area contributed by atoms with E-state index in [1.165, 1.54) is 4.68 Å². The van der Waals surface area contributed by atoms with E-state index in [4.69, 9.17) is 16.3 Å². The average Bonchev–Trinajstić information content (AvgIpc) is 3.71. The summed E-state index contributed by atoms with van der Waals surface area (Å²) in [6.45, 7) is 14.7. The van der Waals surface area contributed by atoms with Crippen molar-refractivity contribution in [2.45, 2.75) is 71.6 Å². The smallest absolute Gasteiger partial charge is 0.275 e. The highest BCUT2D eigenvalue weighted by atomic mass is 35.5. The molecule has 1 aliphatic carbocycles. The normalized spacial score (nSPS) is 24.0. The number of aromatic nitrogens is 4. The number of nitrogens with zero attached hydrogens (tertiary/aromatic N) is 8. The quantitative estimate of drug-likeness (QED) is 0.217. The summed E-state index contributed by atoms with van der Waals surface area (Å²) in [7, 11) is 0. The van der Waals surface area contributed by atoms with Crippen LogP contribution in [0.1, 0.15) is 75.3 Å². The third kappa shape index (κ3) is 7.83. The Bertz CT molecular complexity index is 2370. The number of hydrogen-bond donors (Lipinski definition) is 2. The molecule has 59 heavy (non-hydrogen) atoms. The van der Waals surface area contributed by atoms with Crippen molar-refractivity contribution >= 4 is 51.7 Å². The first-order valence-corrected chi connectivity index (χ1v) is 20.7. The first kappa shape index (κ1) is 40.2. The van der Waals surface area contributed by atoms with Gasteiger partial charge in [0.05, 0.1) is 27.7 Å². The molecule has 0 radical (unpaired) electrons. The van der Waals surface area contributed by atoms with Gasteiger partial charge in [0, 0.05) is 92.1 Å². The highest BCUT2D eigenvalue weighted by Gasteiger charge is 2.64. The number of nitrogens with one attached hydrogen (secondary N) is 2. The zero-order valence-corrected chi connectivity index (χ0v) is 34.5. The van der Waals surface area contributed by atoms with Crippen molar-refractivity contribution < 1.29 is 19.1 Å². The summed E-state index contributed by atoms with van der Waals surface area (Å²) >= 11 is 6.24. The number of ether oxygens (including phenoxy) is 1. The van der Waals surface area contributed by atoms with Crippen LogP contribution in [0.4, 0.5) is 11.6 Å². The molecule has 2 aromatic carbocycles. The Morgan fingerprint density at radius 1 is 0.966 bits per heavy atom. The summed E-state index contributed by atoms with van der Waals surface area (Å²) in [5.74, 6) is 0.694. The molecule has 0 bridgehead atoms. The minimum absolute atomic E-state index is 0.171. The molecule has 3 aliphatic heterocycles. The van der Waals surface area contributed by atoms with Gasteiger partial charge in [0.2, 0.25) is 11.9 Å². The van der Waals surface area contributed by atoms with Crippen LogP contribution in [-0.2, 0) is 9.59 Å². The number of anilines is 2. The van der Waals surface area contributed by atoms with Crippen LogP contribution >= 0.6 is 11.6 Å². The van der Waals surface area contributed by atoms with Crippen molar-refractivity contribution in [3.63, 3.8) is 0 Å². The summed E-state index contributed by atoms with van der Waals surface area (Å²) in [5.41, 5.74) is 0.735. The van der Waals surface area contributed by atoms with Gasteiger partial charge in [-0.1, -0.05) is 39.3 Å². The number of fused-ring (bicyclic) bond motifs is 1. The van der Waals surface area contributed by atoms with E-state index >= 15 is 0 Å². The molecule has 3 saturated heterocycles. The second-order valence-corrected chi connectivity index (χ2v) is 17.8. The SMILES string of the molecule is CC1(C)C(NC(=O)c2cnc(N3CCC(CCN4CCN(c5ccc6c(=O)n([C@@H]7CCC(=O)NC7=O)ncc6c5)CC4)C3)nc2)C(C)(C)C1Oc1ccc(C#N)c(Cl)c1. The van der Waals surface area contributed by atoms with E-state index in [0.717, 1.165) is 69.7 Å². The van der Waals surface area contributed by atoms with Crippen molar-refractivity contribution in [2.24, 2.45) is 16.7 Å². The van der Waals surface area contributed by atoms with Crippen LogP contribution in [0.3, 0.4) is 0 Å². The Hall–Kier alpha value is -5.59. The number of piperazine rings is 1. The zero-order valence-electron chi connectivity index (χ0n) is 33.8. The van der Waals surface area contributed by atoms with Crippen LogP contribution < -0.4 is 30.7 Å². The Morgan fingerprint density at radius 2 is 1.71 bits per heavy atom. The van der Waals surface area contributed by atoms with E-state index in [-0.39, 0.29) is 53.2 Å². The molecule has 308 valence electrons. The number of hydrogen-bond acceptors (Lipinski definition) is 12. The molecule has 15 nitrogen and oxygen atoms in total.